The van der Waals surface area contributed by atoms with Crippen molar-refractivity contribution in [2.75, 3.05) is 6.54 Å². The Morgan fingerprint density at radius 3 is 3.29 bits per heavy atom. The molecule has 1 atom stereocenters. The lowest BCUT2D eigenvalue weighted by Gasteiger charge is -2.01. The lowest BCUT2D eigenvalue weighted by atomic mass is 10.3. The van der Waals surface area contributed by atoms with E-state index < -0.39 is 0 Å². The van der Waals surface area contributed by atoms with Gasteiger partial charge < -0.3 is 5.32 Å². The molecular formula is C6H9N. The molecule has 7 heavy (non-hydrogen) atoms. The van der Waals surface area contributed by atoms with Gasteiger partial charge in [-0.25, -0.2) is 0 Å². The Kier molecular flexibility index (Phi) is 0.577. The lowest BCUT2D eigenvalue weighted by Crippen LogP contribution is -2.19. The molecule has 0 saturated heterocycles. The topological polar surface area (TPSA) is 12.0 Å². The predicted molar refractivity (Wildman–Crippen MR) is 29.1 cm³/mol. The summed E-state index contributed by atoms with van der Waals surface area (Å²) in [7, 11) is 0. The molecule has 0 amide bonds. The van der Waals surface area contributed by atoms with Crippen molar-refractivity contribution in [1.29, 1.82) is 0 Å². The van der Waals surface area contributed by atoms with Crippen molar-refractivity contribution >= 4 is 0 Å². The smallest absolute Gasteiger partial charge is 0.0318 e. The number of hydrogen-bond donors (Lipinski definition) is 1. The molecule has 2 rings (SSSR count). The van der Waals surface area contributed by atoms with Crippen LogP contribution in [-0.4, -0.2) is 12.6 Å². The summed E-state index contributed by atoms with van der Waals surface area (Å²) in [6, 6.07) is 0.814. The van der Waals surface area contributed by atoms with Crippen molar-refractivity contribution in [2.24, 2.45) is 0 Å². The average Bonchev–Trinajstić information content (AvgIpc) is 2.41. The van der Waals surface area contributed by atoms with Crippen LogP contribution >= 0.6 is 0 Å². The summed E-state index contributed by atoms with van der Waals surface area (Å²) >= 11 is 0. The minimum Gasteiger partial charge on any atom is -0.310 e. The van der Waals surface area contributed by atoms with E-state index in [1.165, 1.54) is 19.4 Å². The normalized spacial score (nSPS) is 36.6. The van der Waals surface area contributed by atoms with Gasteiger partial charge in [-0.3, -0.25) is 0 Å². The van der Waals surface area contributed by atoms with Crippen LogP contribution in [0, 0.1) is 0 Å². The van der Waals surface area contributed by atoms with Gasteiger partial charge >= 0.3 is 0 Å². The van der Waals surface area contributed by atoms with Gasteiger partial charge in [0.1, 0.15) is 0 Å². The largest absolute Gasteiger partial charge is 0.310 e. The van der Waals surface area contributed by atoms with Crippen LogP contribution in [0.5, 0.6) is 0 Å². The van der Waals surface area contributed by atoms with Crippen molar-refractivity contribution in [3.05, 3.63) is 11.6 Å². The predicted octanol–water partition coefficient (Wildman–Crippen LogP) is 0.678. The highest BCUT2D eigenvalue weighted by molar-refractivity contribution is 5.30. The first-order valence-electron chi connectivity index (χ1n) is 2.89. The van der Waals surface area contributed by atoms with Crippen LogP contribution < -0.4 is 5.32 Å². The second kappa shape index (κ2) is 1.10. The van der Waals surface area contributed by atoms with Crippen molar-refractivity contribution in [2.45, 2.75) is 18.9 Å². The first-order chi connectivity index (χ1) is 3.47. The summed E-state index contributed by atoms with van der Waals surface area (Å²) in [6.45, 7) is 1.20. The SMILES string of the molecule is C1=C2CC2NCC1. The Hall–Kier alpha value is -0.300. The zero-order valence-corrected chi connectivity index (χ0v) is 4.28. The maximum atomic E-state index is 3.39. The zero-order chi connectivity index (χ0) is 4.69. The van der Waals surface area contributed by atoms with Crippen LogP contribution in [0.1, 0.15) is 12.8 Å². The fraction of sp³-hybridized carbons (Fsp3) is 0.667. The van der Waals surface area contributed by atoms with E-state index >= 15 is 0 Å². The standard InChI is InChI=1S/C6H9N/c1-2-5-4-6(5)7-3-1/h2,6-7H,1,3-4H2. The molecule has 2 aliphatic rings. The molecular weight excluding hydrogens is 86.1 g/mol. The van der Waals surface area contributed by atoms with Gasteiger partial charge in [0.2, 0.25) is 0 Å². The molecule has 1 heteroatoms. The summed E-state index contributed by atoms with van der Waals surface area (Å²) < 4.78 is 0. The van der Waals surface area contributed by atoms with E-state index in [9.17, 15) is 0 Å². The van der Waals surface area contributed by atoms with Crippen molar-refractivity contribution < 1.29 is 0 Å². The highest BCUT2D eigenvalue weighted by atomic mass is 15.0. The van der Waals surface area contributed by atoms with Crippen LogP contribution in [0.3, 0.4) is 0 Å². The fourth-order valence-corrected chi connectivity index (χ4v) is 1.12. The molecule has 1 N–H and O–H groups in total. The molecule has 1 aliphatic carbocycles. The van der Waals surface area contributed by atoms with Crippen LogP contribution in [0.4, 0.5) is 0 Å². The van der Waals surface area contributed by atoms with Crippen molar-refractivity contribution in [3.63, 3.8) is 0 Å². The molecule has 1 aliphatic heterocycles. The molecule has 0 radical (unpaired) electrons. The van der Waals surface area contributed by atoms with E-state index in [-0.39, 0.29) is 0 Å². The van der Waals surface area contributed by atoms with Gasteiger partial charge in [0.15, 0.2) is 0 Å². The molecule has 1 nitrogen and oxygen atoms in total. The zero-order valence-electron chi connectivity index (χ0n) is 4.28. The van der Waals surface area contributed by atoms with Gasteiger partial charge in [0.25, 0.3) is 0 Å². The molecule has 1 fully saturated rings. The molecule has 0 bridgehead atoms. The van der Waals surface area contributed by atoms with Crippen LogP contribution in [-0.2, 0) is 0 Å². The third-order valence-electron chi connectivity index (χ3n) is 1.67. The summed E-state index contributed by atoms with van der Waals surface area (Å²) in [6.07, 6.45) is 4.95. The Balaban J connectivity index is 2.19. The van der Waals surface area contributed by atoms with Crippen LogP contribution in [0.2, 0.25) is 0 Å². The van der Waals surface area contributed by atoms with E-state index in [0.717, 1.165) is 6.04 Å². The van der Waals surface area contributed by atoms with E-state index in [2.05, 4.69) is 11.4 Å². The van der Waals surface area contributed by atoms with Gasteiger partial charge in [-0.2, -0.15) is 0 Å². The van der Waals surface area contributed by atoms with Crippen LogP contribution in [0.25, 0.3) is 0 Å². The van der Waals surface area contributed by atoms with Crippen molar-refractivity contribution in [1.82, 2.24) is 5.32 Å². The fourth-order valence-electron chi connectivity index (χ4n) is 1.12. The van der Waals surface area contributed by atoms with Gasteiger partial charge in [-0.15, -0.1) is 0 Å². The average molecular weight is 95.1 g/mol. The highest BCUT2D eigenvalue weighted by Crippen LogP contribution is 2.31. The minimum atomic E-state index is 0.814. The molecule has 38 valence electrons. The Bertz CT molecular complexity index is 115. The number of rotatable bonds is 0. The second-order valence-corrected chi connectivity index (χ2v) is 2.28. The molecule has 1 heterocycles. The monoisotopic (exact) mass is 95.1 g/mol. The lowest BCUT2D eigenvalue weighted by molar-refractivity contribution is 0.687. The van der Waals surface area contributed by atoms with Gasteiger partial charge in [0, 0.05) is 6.04 Å². The maximum Gasteiger partial charge on any atom is 0.0318 e. The molecule has 0 spiro atoms. The minimum absolute atomic E-state index is 0.814. The molecule has 0 aromatic rings. The van der Waals surface area contributed by atoms with E-state index in [1.807, 2.05) is 0 Å². The summed E-state index contributed by atoms with van der Waals surface area (Å²) in [5.74, 6) is 0. The van der Waals surface area contributed by atoms with Gasteiger partial charge in [-0.05, 0) is 19.4 Å². The summed E-state index contributed by atoms with van der Waals surface area (Å²) in [5.41, 5.74) is 1.64. The summed E-state index contributed by atoms with van der Waals surface area (Å²) in [4.78, 5) is 0. The number of hydrogen-bond acceptors (Lipinski definition) is 1. The third kappa shape index (κ3) is 0.484. The van der Waals surface area contributed by atoms with Gasteiger partial charge in [-0.1, -0.05) is 11.6 Å². The van der Waals surface area contributed by atoms with Gasteiger partial charge in [0.05, 0.1) is 0 Å². The first kappa shape index (κ1) is 3.67. The molecule has 0 aromatic heterocycles. The Morgan fingerprint density at radius 1 is 1.71 bits per heavy atom. The van der Waals surface area contributed by atoms with Crippen molar-refractivity contribution in [3.8, 4) is 0 Å². The van der Waals surface area contributed by atoms with E-state index in [0.29, 0.717) is 0 Å². The number of nitrogens with one attached hydrogen (secondary N) is 1. The number of fused-ring (bicyclic) bond motifs is 1. The third-order valence-corrected chi connectivity index (χ3v) is 1.67. The first-order valence-corrected chi connectivity index (χ1v) is 2.89. The van der Waals surface area contributed by atoms with E-state index in [4.69, 9.17) is 0 Å². The van der Waals surface area contributed by atoms with Crippen LogP contribution in [0.15, 0.2) is 11.6 Å². The second-order valence-electron chi connectivity index (χ2n) is 2.28. The highest BCUT2D eigenvalue weighted by Gasteiger charge is 2.29. The quantitative estimate of drug-likeness (QED) is 0.436. The molecule has 1 saturated carbocycles. The molecule has 1 unspecified atom stereocenters. The summed E-state index contributed by atoms with van der Waals surface area (Å²) in [5, 5.41) is 3.39. The Morgan fingerprint density at radius 2 is 2.71 bits per heavy atom. The molecule has 0 aromatic carbocycles. The van der Waals surface area contributed by atoms with E-state index in [1.54, 1.807) is 5.57 Å². The maximum absolute atomic E-state index is 3.39. The Labute approximate surface area is 43.4 Å².